The van der Waals surface area contributed by atoms with E-state index < -0.39 is 0 Å². The van der Waals surface area contributed by atoms with Gasteiger partial charge in [-0.3, -0.25) is 4.90 Å². The van der Waals surface area contributed by atoms with Crippen molar-refractivity contribution in [2.75, 3.05) is 20.1 Å². The summed E-state index contributed by atoms with van der Waals surface area (Å²) in [7, 11) is 2.20. The summed E-state index contributed by atoms with van der Waals surface area (Å²) >= 11 is 6.09. The van der Waals surface area contributed by atoms with Crippen LogP contribution in [0.15, 0.2) is 24.3 Å². The molecule has 20 heavy (non-hydrogen) atoms. The summed E-state index contributed by atoms with van der Waals surface area (Å²) in [5, 5.41) is 4.46. The molecule has 1 fully saturated rings. The quantitative estimate of drug-likeness (QED) is 0.814. The lowest BCUT2D eigenvalue weighted by Gasteiger charge is -2.34. The van der Waals surface area contributed by atoms with Gasteiger partial charge >= 0.3 is 0 Å². The maximum atomic E-state index is 6.09. The zero-order chi connectivity index (χ0) is 14.8. The van der Waals surface area contributed by atoms with Crippen molar-refractivity contribution in [3.63, 3.8) is 0 Å². The van der Waals surface area contributed by atoms with E-state index in [9.17, 15) is 0 Å². The van der Waals surface area contributed by atoms with Crippen molar-refractivity contribution < 1.29 is 0 Å². The molecule has 1 aromatic carbocycles. The molecule has 0 saturated heterocycles. The first-order valence-electron chi connectivity index (χ1n) is 7.56. The molecule has 0 amide bonds. The van der Waals surface area contributed by atoms with Crippen molar-refractivity contribution in [1.82, 2.24) is 10.2 Å². The summed E-state index contributed by atoms with van der Waals surface area (Å²) in [6.07, 6.45) is 2.70. The third-order valence-electron chi connectivity index (χ3n) is 4.12. The molecule has 0 bridgehead atoms. The van der Waals surface area contributed by atoms with Crippen LogP contribution in [0, 0.1) is 5.41 Å². The molecule has 1 atom stereocenters. The molecule has 1 aliphatic carbocycles. The zero-order valence-electron chi connectivity index (χ0n) is 13.1. The van der Waals surface area contributed by atoms with E-state index in [0.29, 0.717) is 6.04 Å². The number of rotatable bonds is 7. The summed E-state index contributed by atoms with van der Waals surface area (Å²) in [4.78, 5) is 2.42. The first-order chi connectivity index (χ1) is 9.37. The highest BCUT2D eigenvalue weighted by Crippen LogP contribution is 2.26. The minimum atomic E-state index is 0.282. The summed E-state index contributed by atoms with van der Waals surface area (Å²) in [6.45, 7) is 9.08. The lowest BCUT2D eigenvalue weighted by molar-refractivity contribution is 0.165. The third-order valence-corrected chi connectivity index (χ3v) is 4.35. The topological polar surface area (TPSA) is 15.3 Å². The van der Waals surface area contributed by atoms with Crippen molar-refractivity contribution in [3.8, 4) is 0 Å². The summed E-state index contributed by atoms with van der Waals surface area (Å²) in [6, 6.07) is 9.35. The lowest BCUT2D eigenvalue weighted by atomic mass is 9.91. The van der Waals surface area contributed by atoms with Crippen LogP contribution < -0.4 is 5.32 Å². The molecule has 1 aromatic rings. The van der Waals surface area contributed by atoms with E-state index >= 15 is 0 Å². The van der Waals surface area contributed by atoms with E-state index in [0.717, 1.165) is 24.2 Å². The van der Waals surface area contributed by atoms with Crippen molar-refractivity contribution in [1.29, 1.82) is 0 Å². The van der Waals surface area contributed by atoms with Gasteiger partial charge in [0.1, 0.15) is 0 Å². The van der Waals surface area contributed by atoms with Crippen LogP contribution in [-0.4, -0.2) is 31.1 Å². The van der Waals surface area contributed by atoms with Crippen LogP contribution in [0.4, 0.5) is 0 Å². The molecule has 0 heterocycles. The van der Waals surface area contributed by atoms with Crippen molar-refractivity contribution in [3.05, 3.63) is 34.9 Å². The minimum absolute atomic E-state index is 0.282. The average molecular weight is 295 g/mol. The predicted molar refractivity (Wildman–Crippen MR) is 87.3 cm³/mol. The Morgan fingerprint density at radius 3 is 2.70 bits per heavy atom. The Morgan fingerprint density at radius 2 is 2.10 bits per heavy atom. The monoisotopic (exact) mass is 294 g/mol. The summed E-state index contributed by atoms with van der Waals surface area (Å²) < 4.78 is 0. The summed E-state index contributed by atoms with van der Waals surface area (Å²) in [5.41, 5.74) is 1.57. The lowest BCUT2D eigenvalue weighted by Crippen LogP contribution is -2.40. The van der Waals surface area contributed by atoms with Crippen LogP contribution in [0.1, 0.15) is 45.2 Å². The van der Waals surface area contributed by atoms with Gasteiger partial charge in [0.2, 0.25) is 0 Å². The van der Waals surface area contributed by atoms with Crippen molar-refractivity contribution >= 4 is 11.6 Å². The van der Waals surface area contributed by atoms with Gasteiger partial charge in [-0.05, 0) is 49.9 Å². The van der Waals surface area contributed by atoms with Gasteiger partial charge < -0.3 is 5.32 Å². The van der Waals surface area contributed by atoms with Crippen LogP contribution in [0.2, 0.25) is 5.02 Å². The predicted octanol–water partition coefficient (Wildman–Crippen LogP) is 4.11. The molecule has 1 N–H and O–H groups in total. The van der Waals surface area contributed by atoms with Crippen molar-refractivity contribution in [2.45, 2.75) is 45.7 Å². The largest absolute Gasteiger partial charge is 0.313 e. The van der Waals surface area contributed by atoms with Gasteiger partial charge in [-0.1, -0.05) is 37.6 Å². The van der Waals surface area contributed by atoms with E-state index in [1.54, 1.807) is 0 Å². The van der Waals surface area contributed by atoms with Crippen LogP contribution in [0.5, 0.6) is 0 Å². The smallest absolute Gasteiger partial charge is 0.0409 e. The molecular formula is C17H27ClN2. The number of hydrogen-bond donors (Lipinski definition) is 1. The van der Waals surface area contributed by atoms with Gasteiger partial charge in [-0.25, -0.2) is 0 Å². The van der Waals surface area contributed by atoms with E-state index in [4.69, 9.17) is 11.6 Å². The number of nitrogens with zero attached hydrogens (tertiary/aromatic N) is 1. The Balaban J connectivity index is 1.90. The van der Waals surface area contributed by atoms with Crippen LogP contribution in [0.3, 0.4) is 0 Å². The van der Waals surface area contributed by atoms with Crippen LogP contribution >= 0.6 is 11.6 Å². The molecule has 2 rings (SSSR count). The molecule has 1 saturated carbocycles. The first-order valence-corrected chi connectivity index (χ1v) is 7.94. The van der Waals surface area contributed by atoms with E-state index in [2.05, 4.69) is 50.2 Å². The second-order valence-electron chi connectivity index (χ2n) is 6.97. The minimum Gasteiger partial charge on any atom is -0.313 e. The molecule has 2 nitrogen and oxygen atoms in total. The van der Waals surface area contributed by atoms with E-state index in [1.165, 1.54) is 18.4 Å². The van der Waals surface area contributed by atoms with Crippen LogP contribution in [-0.2, 0) is 0 Å². The van der Waals surface area contributed by atoms with Gasteiger partial charge in [0, 0.05) is 30.2 Å². The highest BCUT2D eigenvalue weighted by atomic mass is 35.5. The van der Waals surface area contributed by atoms with Crippen molar-refractivity contribution in [2.24, 2.45) is 5.41 Å². The normalized spacial score (nSPS) is 17.5. The molecule has 0 aliphatic heterocycles. The second kappa shape index (κ2) is 6.46. The maximum Gasteiger partial charge on any atom is 0.0409 e. The third kappa shape index (κ3) is 4.76. The average Bonchev–Trinajstić information content (AvgIpc) is 3.19. The fourth-order valence-electron chi connectivity index (χ4n) is 2.60. The Hall–Kier alpha value is -0.570. The molecular weight excluding hydrogens is 268 g/mol. The Labute approximate surface area is 128 Å². The zero-order valence-corrected chi connectivity index (χ0v) is 13.9. The molecule has 0 radical (unpaired) electrons. The van der Waals surface area contributed by atoms with Gasteiger partial charge in [-0.15, -0.1) is 0 Å². The number of halogens is 1. The van der Waals surface area contributed by atoms with E-state index in [1.807, 2.05) is 12.1 Å². The Morgan fingerprint density at radius 1 is 1.40 bits per heavy atom. The fraction of sp³-hybridized carbons (Fsp3) is 0.647. The molecule has 0 aromatic heterocycles. The van der Waals surface area contributed by atoms with Gasteiger partial charge in [0.25, 0.3) is 0 Å². The number of nitrogens with one attached hydrogen (secondary N) is 1. The number of hydrogen-bond acceptors (Lipinski definition) is 2. The first kappa shape index (κ1) is 15.8. The van der Waals surface area contributed by atoms with Gasteiger partial charge in [-0.2, -0.15) is 0 Å². The number of benzene rings is 1. The van der Waals surface area contributed by atoms with Gasteiger partial charge in [0.05, 0.1) is 0 Å². The van der Waals surface area contributed by atoms with Crippen LogP contribution in [0.25, 0.3) is 0 Å². The molecule has 1 unspecified atom stereocenters. The standard InChI is InChI=1S/C17H27ClN2/c1-13(14-6-5-7-15(18)10-14)20(4)12-17(2,3)11-19-16-8-9-16/h5-7,10,13,16,19H,8-9,11-12H2,1-4H3. The molecule has 1 aliphatic rings. The second-order valence-corrected chi connectivity index (χ2v) is 7.40. The van der Waals surface area contributed by atoms with Gasteiger partial charge in [0.15, 0.2) is 0 Å². The molecule has 3 heteroatoms. The van der Waals surface area contributed by atoms with E-state index in [-0.39, 0.29) is 5.41 Å². The highest BCUT2D eigenvalue weighted by Gasteiger charge is 2.27. The highest BCUT2D eigenvalue weighted by molar-refractivity contribution is 6.30. The molecule has 112 valence electrons. The Bertz CT molecular complexity index is 440. The Kier molecular flexibility index (Phi) is 5.11. The molecule has 0 spiro atoms. The fourth-order valence-corrected chi connectivity index (χ4v) is 2.80. The SMILES string of the molecule is CC(c1cccc(Cl)c1)N(C)CC(C)(C)CNC1CC1. The summed E-state index contributed by atoms with van der Waals surface area (Å²) in [5.74, 6) is 0. The maximum absolute atomic E-state index is 6.09.